The van der Waals surface area contributed by atoms with Gasteiger partial charge in [-0.2, -0.15) is 0 Å². The van der Waals surface area contributed by atoms with E-state index in [2.05, 4.69) is 5.32 Å². The van der Waals surface area contributed by atoms with Gasteiger partial charge in [0.25, 0.3) is 0 Å². The van der Waals surface area contributed by atoms with Gasteiger partial charge in [-0.1, -0.05) is 30.7 Å². The van der Waals surface area contributed by atoms with E-state index < -0.39 is 0 Å². The molecule has 92 valence electrons. The van der Waals surface area contributed by atoms with Gasteiger partial charge in [0.1, 0.15) is 0 Å². The van der Waals surface area contributed by atoms with Crippen LogP contribution in [0.1, 0.15) is 36.8 Å². The largest absolute Gasteiger partial charge is 0.352 e. The number of carbonyl (C=O) groups is 1. The molecule has 1 fully saturated rings. The van der Waals surface area contributed by atoms with Crippen molar-refractivity contribution >= 4 is 5.91 Å². The van der Waals surface area contributed by atoms with E-state index in [1.54, 1.807) is 0 Å². The molecule has 0 atom stereocenters. The number of hydrogen-bond donors (Lipinski definition) is 2. The summed E-state index contributed by atoms with van der Waals surface area (Å²) >= 11 is 0. The number of nitrogens with one attached hydrogen (secondary N) is 1. The Hall–Kier alpha value is -1.35. The van der Waals surface area contributed by atoms with Crippen molar-refractivity contribution in [1.82, 2.24) is 5.32 Å². The van der Waals surface area contributed by atoms with Crippen LogP contribution < -0.4 is 11.1 Å². The minimum absolute atomic E-state index is 0.178. The highest BCUT2D eigenvalue weighted by Gasteiger charge is 2.20. The number of benzene rings is 1. The zero-order valence-electron chi connectivity index (χ0n) is 10.1. The smallest absolute Gasteiger partial charge is 0.220 e. The van der Waals surface area contributed by atoms with Crippen LogP contribution in [0.5, 0.6) is 0 Å². The van der Waals surface area contributed by atoms with Crippen molar-refractivity contribution in [1.29, 1.82) is 0 Å². The molecular formula is C14H20N2O. The fourth-order valence-corrected chi connectivity index (χ4v) is 2.03. The molecule has 0 saturated heterocycles. The number of amides is 1. The predicted octanol–water partition coefficient (Wildman–Crippen LogP) is 1.95. The van der Waals surface area contributed by atoms with E-state index in [9.17, 15) is 4.79 Å². The number of hydrogen-bond acceptors (Lipinski definition) is 2. The molecule has 1 aliphatic rings. The third-order valence-corrected chi connectivity index (χ3v) is 3.45. The van der Waals surface area contributed by atoms with Gasteiger partial charge in [-0.05, 0) is 29.9 Å². The van der Waals surface area contributed by atoms with Gasteiger partial charge in [-0.15, -0.1) is 0 Å². The Morgan fingerprint density at radius 1 is 1.24 bits per heavy atom. The van der Waals surface area contributed by atoms with Crippen molar-refractivity contribution < 1.29 is 4.79 Å². The van der Waals surface area contributed by atoms with Crippen LogP contribution in [0.25, 0.3) is 0 Å². The van der Waals surface area contributed by atoms with Crippen molar-refractivity contribution in [3.8, 4) is 0 Å². The molecule has 0 spiro atoms. The first-order chi connectivity index (χ1) is 8.28. The third-order valence-electron chi connectivity index (χ3n) is 3.45. The zero-order valence-corrected chi connectivity index (χ0v) is 10.1. The van der Waals surface area contributed by atoms with Crippen LogP contribution in [0.3, 0.4) is 0 Å². The van der Waals surface area contributed by atoms with E-state index in [1.807, 2.05) is 24.3 Å². The van der Waals surface area contributed by atoms with Gasteiger partial charge in [0.05, 0.1) is 0 Å². The lowest BCUT2D eigenvalue weighted by Crippen LogP contribution is -2.27. The molecule has 1 saturated carbocycles. The molecule has 2 rings (SSSR count). The van der Waals surface area contributed by atoms with Crippen molar-refractivity contribution in [2.24, 2.45) is 11.7 Å². The summed E-state index contributed by atoms with van der Waals surface area (Å²) in [6, 6.07) is 8.05. The van der Waals surface area contributed by atoms with Crippen LogP contribution in [0.4, 0.5) is 0 Å². The topological polar surface area (TPSA) is 55.1 Å². The van der Waals surface area contributed by atoms with Crippen LogP contribution in [-0.4, -0.2) is 5.91 Å². The van der Waals surface area contributed by atoms with E-state index in [1.165, 1.54) is 19.3 Å². The Bertz CT molecular complexity index is 368. The highest BCUT2D eigenvalue weighted by molar-refractivity contribution is 5.76. The zero-order chi connectivity index (χ0) is 12.1. The summed E-state index contributed by atoms with van der Waals surface area (Å²) in [6.45, 7) is 1.19. The lowest BCUT2D eigenvalue weighted by molar-refractivity contribution is -0.122. The second kappa shape index (κ2) is 5.82. The second-order valence-corrected chi connectivity index (χ2v) is 4.80. The standard InChI is InChI=1S/C14H20N2O/c15-9-12-4-6-13(7-5-12)10-16-14(17)8-11-2-1-3-11/h4-7,11H,1-3,8-10,15H2,(H,16,17). The number of carbonyl (C=O) groups excluding carboxylic acids is 1. The van der Waals surface area contributed by atoms with Crippen molar-refractivity contribution in [2.45, 2.75) is 38.8 Å². The summed E-state index contributed by atoms with van der Waals surface area (Å²) in [7, 11) is 0. The first-order valence-corrected chi connectivity index (χ1v) is 6.32. The van der Waals surface area contributed by atoms with E-state index in [-0.39, 0.29) is 5.91 Å². The van der Waals surface area contributed by atoms with Crippen LogP contribution in [-0.2, 0) is 17.9 Å². The average molecular weight is 232 g/mol. The molecule has 0 unspecified atom stereocenters. The van der Waals surface area contributed by atoms with E-state index in [0.717, 1.165) is 11.1 Å². The summed E-state index contributed by atoms with van der Waals surface area (Å²) < 4.78 is 0. The summed E-state index contributed by atoms with van der Waals surface area (Å²) in [5, 5.41) is 2.97. The summed E-state index contributed by atoms with van der Waals surface area (Å²) in [5.41, 5.74) is 7.78. The molecule has 0 radical (unpaired) electrons. The fraction of sp³-hybridized carbons (Fsp3) is 0.500. The Labute approximate surface area is 102 Å². The molecular weight excluding hydrogens is 212 g/mol. The predicted molar refractivity (Wildman–Crippen MR) is 68.1 cm³/mol. The Kier molecular flexibility index (Phi) is 4.15. The Balaban J connectivity index is 1.74. The normalized spacial score (nSPS) is 15.4. The maximum atomic E-state index is 11.6. The first-order valence-electron chi connectivity index (χ1n) is 6.32. The molecule has 0 heterocycles. The summed E-state index contributed by atoms with van der Waals surface area (Å²) in [5.74, 6) is 0.812. The van der Waals surface area contributed by atoms with E-state index >= 15 is 0 Å². The first kappa shape index (κ1) is 12.1. The maximum absolute atomic E-state index is 11.6. The molecule has 1 amide bonds. The van der Waals surface area contributed by atoms with Crippen molar-refractivity contribution in [3.63, 3.8) is 0 Å². The quantitative estimate of drug-likeness (QED) is 0.815. The van der Waals surface area contributed by atoms with Crippen LogP contribution in [0, 0.1) is 5.92 Å². The minimum atomic E-state index is 0.178. The summed E-state index contributed by atoms with van der Waals surface area (Å²) in [4.78, 5) is 11.6. The van der Waals surface area contributed by atoms with Crippen molar-refractivity contribution in [3.05, 3.63) is 35.4 Å². The SMILES string of the molecule is NCc1ccc(CNC(=O)CC2CCC2)cc1. The van der Waals surface area contributed by atoms with Crippen LogP contribution in [0.15, 0.2) is 24.3 Å². The molecule has 3 heteroatoms. The van der Waals surface area contributed by atoms with Gasteiger partial charge in [0.2, 0.25) is 5.91 Å². The molecule has 0 aliphatic heterocycles. The van der Waals surface area contributed by atoms with Crippen LogP contribution >= 0.6 is 0 Å². The van der Waals surface area contributed by atoms with Gasteiger partial charge in [0.15, 0.2) is 0 Å². The number of rotatable bonds is 5. The molecule has 0 bridgehead atoms. The lowest BCUT2D eigenvalue weighted by Gasteiger charge is -2.24. The molecule has 3 nitrogen and oxygen atoms in total. The molecule has 1 aromatic rings. The Morgan fingerprint density at radius 2 is 1.88 bits per heavy atom. The van der Waals surface area contributed by atoms with Gasteiger partial charge >= 0.3 is 0 Å². The average Bonchev–Trinajstić information content (AvgIpc) is 2.32. The van der Waals surface area contributed by atoms with Gasteiger partial charge in [0, 0.05) is 19.5 Å². The van der Waals surface area contributed by atoms with Crippen molar-refractivity contribution in [2.75, 3.05) is 0 Å². The van der Waals surface area contributed by atoms with Crippen LogP contribution in [0.2, 0.25) is 0 Å². The molecule has 1 aromatic carbocycles. The maximum Gasteiger partial charge on any atom is 0.220 e. The van der Waals surface area contributed by atoms with Gasteiger partial charge in [-0.3, -0.25) is 4.79 Å². The molecule has 0 aromatic heterocycles. The fourth-order valence-electron chi connectivity index (χ4n) is 2.03. The lowest BCUT2D eigenvalue weighted by atomic mass is 9.83. The van der Waals surface area contributed by atoms with E-state index in [4.69, 9.17) is 5.73 Å². The minimum Gasteiger partial charge on any atom is -0.352 e. The van der Waals surface area contributed by atoms with E-state index in [0.29, 0.717) is 25.4 Å². The highest BCUT2D eigenvalue weighted by Crippen LogP contribution is 2.29. The number of nitrogens with two attached hydrogens (primary N) is 1. The Morgan fingerprint density at radius 3 is 2.41 bits per heavy atom. The summed E-state index contributed by atoms with van der Waals surface area (Å²) in [6.07, 6.45) is 4.43. The third kappa shape index (κ3) is 3.56. The second-order valence-electron chi connectivity index (χ2n) is 4.80. The molecule has 1 aliphatic carbocycles. The monoisotopic (exact) mass is 232 g/mol. The molecule has 3 N–H and O–H groups in total. The molecule has 17 heavy (non-hydrogen) atoms. The van der Waals surface area contributed by atoms with Gasteiger partial charge < -0.3 is 11.1 Å². The van der Waals surface area contributed by atoms with Gasteiger partial charge in [-0.25, -0.2) is 0 Å². The highest BCUT2D eigenvalue weighted by atomic mass is 16.1.